The smallest absolute Gasteiger partial charge is 0.172 e. The van der Waals surface area contributed by atoms with Crippen molar-refractivity contribution in [3.05, 3.63) is 42.5 Å². The van der Waals surface area contributed by atoms with Crippen molar-refractivity contribution >= 4 is 5.78 Å². The normalized spacial score (nSPS) is 10.2. The molecule has 0 bridgehead atoms. The Labute approximate surface area is 96.9 Å². The standard InChI is InChI=1S/C14H18O2/c1-4-7-12-8-5-6-9-14(12)16-10-13(15)11(2)3/h4-6,8-9,11H,1,7,10H2,2-3H3. The number of carbonyl (C=O) groups is 1. The van der Waals surface area contributed by atoms with Crippen molar-refractivity contribution in [2.45, 2.75) is 20.3 Å². The first-order valence-electron chi connectivity index (χ1n) is 5.49. The van der Waals surface area contributed by atoms with E-state index < -0.39 is 0 Å². The predicted molar refractivity (Wildman–Crippen MR) is 65.7 cm³/mol. The molecule has 0 heterocycles. The Balaban J connectivity index is 2.65. The van der Waals surface area contributed by atoms with Crippen molar-refractivity contribution < 1.29 is 9.53 Å². The van der Waals surface area contributed by atoms with Crippen LogP contribution in [0.25, 0.3) is 0 Å². The van der Waals surface area contributed by atoms with Crippen molar-refractivity contribution in [3.8, 4) is 5.75 Å². The summed E-state index contributed by atoms with van der Waals surface area (Å²) in [5, 5.41) is 0. The zero-order valence-corrected chi connectivity index (χ0v) is 9.90. The summed E-state index contributed by atoms with van der Waals surface area (Å²) >= 11 is 0. The number of rotatable bonds is 6. The van der Waals surface area contributed by atoms with Crippen LogP contribution in [0, 0.1) is 5.92 Å². The van der Waals surface area contributed by atoms with E-state index in [4.69, 9.17) is 4.74 Å². The number of hydrogen-bond donors (Lipinski definition) is 0. The highest BCUT2D eigenvalue weighted by atomic mass is 16.5. The van der Waals surface area contributed by atoms with Gasteiger partial charge in [0.15, 0.2) is 5.78 Å². The van der Waals surface area contributed by atoms with Crippen molar-refractivity contribution in [3.63, 3.8) is 0 Å². The molecule has 0 saturated heterocycles. The number of benzene rings is 1. The number of carbonyl (C=O) groups excluding carboxylic acids is 1. The van der Waals surface area contributed by atoms with Gasteiger partial charge in [0, 0.05) is 5.92 Å². The highest BCUT2D eigenvalue weighted by molar-refractivity contribution is 5.81. The molecule has 0 fully saturated rings. The van der Waals surface area contributed by atoms with Crippen LogP contribution in [0.2, 0.25) is 0 Å². The van der Waals surface area contributed by atoms with Gasteiger partial charge < -0.3 is 4.74 Å². The first kappa shape index (κ1) is 12.5. The molecule has 1 aromatic carbocycles. The zero-order valence-electron chi connectivity index (χ0n) is 9.90. The van der Waals surface area contributed by atoms with Crippen LogP contribution in [0.4, 0.5) is 0 Å². The minimum absolute atomic E-state index is 0.0200. The molecule has 16 heavy (non-hydrogen) atoms. The molecule has 0 unspecified atom stereocenters. The number of ether oxygens (including phenoxy) is 1. The predicted octanol–water partition coefficient (Wildman–Crippen LogP) is 3.02. The van der Waals surface area contributed by atoms with Gasteiger partial charge in [0.2, 0.25) is 0 Å². The van der Waals surface area contributed by atoms with Crippen molar-refractivity contribution in [1.29, 1.82) is 0 Å². The molecule has 0 atom stereocenters. The second kappa shape index (κ2) is 6.11. The number of para-hydroxylation sites is 1. The Morgan fingerprint density at radius 1 is 1.44 bits per heavy atom. The molecule has 0 aromatic heterocycles. The lowest BCUT2D eigenvalue weighted by Crippen LogP contribution is -2.17. The first-order chi connectivity index (χ1) is 7.65. The van der Waals surface area contributed by atoms with Crippen LogP contribution in [0.15, 0.2) is 36.9 Å². The van der Waals surface area contributed by atoms with Crippen molar-refractivity contribution in [2.24, 2.45) is 5.92 Å². The Kier molecular flexibility index (Phi) is 4.77. The fourth-order valence-corrected chi connectivity index (χ4v) is 1.28. The van der Waals surface area contributed by atoms with E-state index in [9.17, 15) is 4.79 Å². The topological polar surface area (TPSA) is 26.3 Å². The molecule has 0 spiro atoms. The molecule has 86 valence electrons. The number of hydrogen-bond acceptors (Lipinski definition) is 2. The molecule has 0 amide bonds. The van der Waals surface area contributed by atoms with Gasteiger partial charge in [0.05, 0.1) is 0 Å². The van der Waals surface area contributed by atoms with E-state index in [0.29, 0.717) is 0 Å². The van der Waals surface area contributed by atoms with Crippen LogP contribution in [0.1, 0.15) is 19.4 Å². The minimum Gasteiger partial charge on any atom is -0.486 e. The average Bonchev–Trinajstić information content (AvgIpc) is 2.27. The largest absolute Gasteiger partial charge is 0.486 e. The Morgan fingerprint density at radius 3 is 2.75 bits per heavy atom. The second-order valence-electron chi connectivity index (χ2n) is 4.01. The Bertz CT molecular complexity index is 367. The maximum absolute atomic E-state index is 11.4. The van der Waals surface area contributed by atoms with Gasteiger partial charge in [-0.25, -0.2) is 0 Å². The SMILES string of the molecule is C=CCc1ccccc1OCC(=O)C(C)C. The molecule has 0 aliphatic carbocycles. The van der Waals surface area contributed by atoms with E-state index in [0.717, 1.165) is 17.7 Å². The van der Waals surface area contributed by atoms with Crippen molar-refractivity contribution in [2.75, 3.05) is 6.61 Å². The summed E-state index contributed by atoms with van der Waals surface area (Å²) in [7, 11) is 0. The lowest BCUT2D eigenvalue weighted by molar-refractivity contribution is -0.123. The van der Waals surface area contributed by atoms with Crippen LogP contribution in [-0.2, 0) is 11.2 Å². The van der Waals surface area contributed by atoms with E-state index in [1.165, 1.54) is 0 Å². The third-order valence-electron chi connectivity index (χ3n) is 2.35. The molecular weight excluding hydrogens is 200 g/mol. The van der Waals surface area contributed by atoms with Gasteiger partial charge in [-0.2, -0.15) is 0 Å². The van der Waals surface area contributed by atoms with Gasteiger partial charge in [-0.15, -0.1) is 6.58 Å². The van der Waals surface area contributed by atoms with Gasteiger partial charge in [0.1, 0.15) is 12.4 Å². The summed E-state index contributed by atoms with van der Waals surface area (Å²) in [6.45, 7) is 7.60. The fraction of sp³-hybridized carbons (Fsp3) is 0.357. The van der Waals surface area contributed by atoms with Crippen LogP contribution >= 0.6 is 0 Å². The number of Topliss-reactive ketones (excluding diaryl/α,β-unsaturated/α-hetero) is 1. The summed E-state index contributed by atoms with van der Waals surface area (Å²) in [4.78, 5) is 11.4. The molecule has 0 aliphatic heterocycles. The summed E-state index contributed by atoms with van der Waals surface area (Å²) in [5.41, 5.74) is 1.06. The molecule has 1 rings (SSSR count). The van der Waals surface area contributed by atoms with Gasteiger partial charge in [0.25, 0.3) is 0 Å². The van der Waals surface area contributed by atoms with Crippen molar-refractivity contribution in [1.82, 2.24) is 0 Å². The van der Waals surface area contributed by atoms with E-state index >= 15 is 0 Å². The molecule has 0 N–H and O–H groups in total. The highest BCUT2D eigenvalue weighted by Crippen LogP contribution is 2.18. The third-order valence-corrected chi connectivity index (χ3v) is 2.35. The lowest BCUT2D eigenvalue weighted by Gasteiger charge is -2.10. The fourth-order valence-electron chi connectivity index (χ4n) is 1.28. The van der Waals surface area contributed by atoms with E-state index in [-0.39, 0.29) is 18.3 Å². The average molecular weight is 218 g/mol. The summed E-state index contributed by atoms with van der Waals surface area (Å²) in [6, 6.07) is 7.72. The summed E-state index contributed by atoms with van der Waals surface area (Å²) in [5.74, 6) is 0.913. The molecule has 2 nitrogen and oxygen atoms in total. The van der Waals surface area contributed by atoms with Gasteiger partial charge >= 0.3 is 0 Å². The van der Waals surface area contributed by atoms with E-state index in [2.05, 4.69) is 6.58 Å². The second-order valence-corrected chi connectivity index (χ2v) is 4.01. The monoisotopic (exact) mass is 218 g/mol. The van der Waals surface area contributed by atoms with E-state index in [1.807, 2.05) is 44.2 Å². The minimum atomic E-state index is 0.0200. The molecule has 0 saturated carbocycles. The molecule has 0 radical (unpaired) electrons. The van der Waals surface area contributed by atoms with E-state index in [1.54, 1.807) is 0 Å². The quantitative estimate of drug-likeness (QED) is 0.686. The van der Waals surface area contributed by atoms with Crippen LogP contribution in [0.3, 0.4) is 0 Å². The van der Waals surface area contributed by atoms with Crippen LogP contribution in [-0.4, -0.2) is 12.4 Å². The molecular formula is C14H18O2. The highest BCUT2D eigenvalue weighted by Gasteiger charge is 2.09. The Hall–Kier alpha value is -1.57. The first-order valence-corrected chi connectivity index (χ1v) is 5.49. The van der Waals surface area contributed by atoms with Crippen LogP contribution < -0.4 is 4.74 Å². The molecule has 2 heteroatoms. The zero-order chi connectivity index (χ0) is 12.0. The van der Waals surface area contributed by atoms with Gasteiger partial charge in [-0.3, -0.25) is 4.79 Å². The summed E-state index contributed by atoms with van der Waals surface area (Å²) in [6.07, 6.45) is 2.58. The lowest BCUT2D eigenvalue weighted by atomic mass is 10.1. The molecule has 0 aliphatic rings. The molecule has 1 aromatic rings. The third kappa shape index (κ3) is 3.54. The number of allylic oxidation sites excluding steroid dienone is 1. The van der Waals surface area contributed by atoms with Gasteiger partial charge in [-0.05, 0) is 18.1 Å². The maximum atomic E-state index is 11.4. The Morgan fingerprint density at radius 2 is 2.12 bits per heavy atom. The van der Waals surface area contributed by atoms with Gasteiger partial charge in [-0.1, -0.05) is 38.1 Å². The van der Waals surface area contributed by atoms with Crippen LogP contribution in [0.5, 0.6) is 5.75 Å². The maximum Gasteiger partial charge on any atom is 0.172 e. The number of ketones is 1. The summed E-state index contributed by atoms with van der Waals surface area (Å²) < 4.78 is 5.52.